The van der Waals surface area contributed by atoms with E-state index >= 15 is 0 Å². The van der Waals surface area contributed by atoms with Crippen LogP contribution in [0.15, 0.2) is 57.7 Å². The number of hydrogen-bond donors (Lipinski definition) is 2. The molecule has 164 valence electrons. The summed E-state index contributed by atoms with van der Waals surface area (Å²) in [4.78, 5) is 21.9. The van der Waals surface area contributed by atoms with Crippen molar-refractivity contribution in [2.75, 3.05) is 25.9 Å². The molecule has 0 saturated carbocycles. The third-order valence-electron chi connectivity index (χ3n) is 6.55. The van der Waals surface area contributed by atoms with E-state index in [2.05, 4.69) is 39.5 Å². The van der Waals surface area contributed by atoms with Crippen molar-refractivity contribution >= 4 is 40.0 Å². The van der Waals surface area contributed by atoms with E-state index in [4.69, 9.17) is 0 Å². The quantitative estimate of drug-likeness (QED) is 0.537. The van der Waals surface area contributed by atoms with Crippen LogP contribution in [-0.2, 0) is 0 Å². The second-order valence-electron chi connectivity index (χ2n) is 8.67. The fraction of sp³-hybridized carbons (Fsp3) is 0.308. The van der Waals surface area contributed by atoms with E-state index in [0.29, 0.717) is 22.3 Å². The van der Waals surface area contributed by atoms with E-state index in [1.54, 1.807) is 18.0 Å². The van der Waals surface area contributed by atoms with E-state index in [9.17, 15) is 9.90 Å². The highest BCUT2D eigenvalue weighted by Crippen LogP contribution is 2.33. The molecule has 2 aliphatic rings. The summed E-state index contributed by atoms with van der Waals surface area (Å²) in [7, 11) is 2.18. The first-order chi connectivity index (χ1) is 15.6. The highest BCUT2D eigenvalue weighted by atomic mass is 32.2. The Bertz CT molecular complexity index is 1250. The molecule has 1 aromatic heterocycles. The second-order valence-corrected chi connectivity index (χ2v) is 9.65. The number of aromatic amines is 1. The summed E-state index contributed by atoms with van der Waals surface area (Å²) >= 11 is 1.80. The number of hydrogen-bond acceptors (Lipinski definition) is 5. The Balaban J connectivity index is 1.45. The summed E-state index contributed by atoms with van der Waals surface area (Å²) < 4.78 is 0. The molecule has 0 atom stereocenters. The average molecular weight is 446 g/mol. The minimum Gasteiger partial charge on any atom is -0.494 e. The summed E-state index contributed by atoms with van der Waals surface area (Å²) in [6.45, 7) is 2.28. The Hall–Kier alpha value is -2.83. The summed E-state index contributed by atoms with van der Waals surface area (Å²) in [6.07, 6.45) is 5.04. The minimum absolute atomic E-state index is 0.152. The molecule has 32 heavy (non-hydrogen) atoms. The predicted molar refractivity (Wildman–Crippen MR) is 134 cm³/mol. The largest absolute Gasteiger partial charge is 0.494 e. The van der Waals surface area contributed by atoms with Crippen molar-refractivity contribution in [1.29, 1.82) is 0 Å². The van der Waals surface area contributed by atoms with Crippen molar-refractivity contribution in [2.24, 2.45) is 4.99 Å². The molecule has 3 heterocycles. The standard InChI is InChI=1S/C26H27N3O2S/c1-29-11-8-18(9-12-29)17-2-5-21(6-3-17)27-15-24-23-14-19(20-10-13-32-16-20)4-7-22(23)25(30)28-26(24)31/h2-7,14-16,18H,8-13H2,1H3,(H2,28,30,31). The maximum absolute atomic E-state index is 12.4. The lowest BCUT2D eigenvalue weighted by atomic mass is 9.89. The van der Waals surface area contributed by atoms with Crippen molar-refractivity contribution in [1.82, 2.24) is 9.88 Å². The molecule has 2 N–H and O–H groups in total. The molecule has 5 rings (SSSR count). The third kappa shape index (κ3) is 4.25. The molecule has 0 unspecified atom stereocenters. The van der Waals surface area contributed by atoms with Crippen LogP contribution in [0.25, 0.3) is 16.3 Å². The smallest absolute Gasteiger partial charge is 0.258 e. The minimum atomic E-state index is -0.293. The Morgan fingerprint density at radius 1 is 1.12 bits per heavy atom. The van der Waals surface area contributed by atoms with Gasteiger partial charge in [0.05, 0.1) is 11.3 Å². The number of H-pyrrole nitrogens is 1. The SMILES string of the molecule is CN1CCC(c2ccc(N=Cc3c(O)[nH]c(=O)c4ccc(C5=CSCC5)cc34)cc2)CC1. The van der Waals surface area contributed by atoms with Crippen LogP contribution in [0.3, 0.4) is 0 Å². The molecule has 0 amide bonds. The summed E-state index contributed by atoms with van der Waals surface area (Å²) in [5.74, 6) is 1.54. The number of fused-ring (bicyclic) bond motifs is 1. The Morgan fingerprint density at radius 3 is 2.62 bits per heavy atom. The topological polar surface area (TPSA) is 68.7 Å². The van der Waals surface area contributed by atoms with E-state index in [-0.39, 0.29) is 11.4 Å². The molecule has 5 nitrogen and oxygen atoms in total. The van der Waals surface area contributed by atoms with E-state index in [1.165, 1.54) is 24.0 Å². The van der Waals surface area contributed by atoms with Gasteiger partial charge in [0.15, 0.2) is 0 Å². The summed E-state index contributed by atoms with van der Waals surface area (Å²) in [5.41, 5.74) is 4.78. The van der Waals surface area contributed by atoms with Crippen molar-refractivity contribution in [3.05, 3.63) is 74.9 Å². The predicted octanol–water partition coefficient (Wildman–Crippen LogP) is 5.27. The van der Waals surface area contributed by atoms with Gasteiger partial charge in [-0.2, -0.15) is 0 Å². The number of allylic oxidation sites excluding steroid dienone is 1. The number of pyridine rings is 1. The molecule has 0 radical (unpaired) electrons. The number of aromatic nitrogens is 1. The Labute approximate surface area is 191 Å². The van der Waals surface area contributed by atoms with Crippen molar-refractivity contribution in [3.8, 4) is 5.88 Å². The van der Waals surface area contributed by atoms with Gasteiger partial charge in [0.1, 0.15) is 0 Å². The van der Waals surface area contributed by atoms with Gasteiger partial charge < -0.3 is 10.0 Å². The van der Waals surface area contributed by atoms with Crippen molar-refractivity contribution in [3.63, 3.8) is 0 Å². The first-order valence-corrected chi connectivity index (χ1v) is 12.2. The molecule has 2 aliphatic heterocycles. The molecule has 1 fully saturated rings. The zero-order valence-electron chi connectivity index (χ0n) is 18.2. The maximum Gasteiger partial charge on any atom is 0.258 e. The fourth-order valence-electron chi connectivity index (χ4n) is 4.58. The number of nitrogens with one attached hydrogen (secondary N) is 1. The highest BCUT2D eigenvalue weighted by Gasteiger charge is 2.18. The summed E-state index contributed by atoms with van der Waals surface area (Å²) in [5, 5.41) is 13.9. The fourth-order valence-corrected chi connectivity index (χ4v) is 5.49. The number of aromatic hydroxyl groups is 1. The van der Waals surface area contributed by atoms with E-state index in [0.717, 1.165) is 36.5 Å². The van der Waals surface area contributed by atoms with Gasteiger partial charge in [0.25, 0.3) is 5.56 Å². The second kappa shape index (κ2) is 8.96. The molecule has 0 aliphatic carbocycles. The third-order valence-corrected chi connectivity index (χ3v) is 7.44. The van der Waals surface area contributed by atoms with Gasteiger partial charge in [-0.25, -0.2) is 0 Å². The van der Waals surface area contributed by atoms with Gasteiger partial charge in [-0.1, -0.05) is 18.2 Å². The van der Waals surface area contributed by atoms with Crippen LogP contribution in [0.2, 0.25) is 0 Å². The number of aliphatic imine (C=N–C) groups is 1. The molecule has 6 heteroatoms. The Morgan fingerprint density at radius 2 is 1.91 bits per heavy atom. The highest BCUT2D eigenvalue weighted by molar-refractivity contribution is 8.02. The number of nitrogens with zero attached hydrogens (tertiary/aromatic N) is 2. The van der Waals surface area contributed by atoms with Crippen LogP contribution in [0.5, 0.6) is 5.88 Å². The average Bonchev–Trinajstić information content (AvgIpc) is 3.35. The first kappa shape index (κ1) is 21.0. The van der Waals surface area contributed by atoms with Crippen molar-refractivity contribution in [2.45, 2.75) is 25.2 Å². The number of piperidine rings is 1. The number of benzene rings is 2. The Kier molecular flexibility index (Phi) is 5.89. The van der Waals surface area contributed by atoms with Gasteiger partial charge in [0.2, 0.25) is 5.88 Å². The van der Waals surface area contributed by atoms with Gasteiger partial charge in [-0.3, -0.25) is 14.8 Å². The van der Waals surface area contributed by atoms with Crippen LogP contribution in [0.4, 0.5) is 5.69 Å². The van der Waals surface area contributed by atoms with Gasteiger partial charge in [-0.15, -0.1) is 11.8 Å². The van der Waals surface area contributed by atoms with Gasteiger partial charge in [0, 0.05) is 22.7 Å². The van der Waals surface area contributed by atoms with Crippen LogP contribution in [-0.4, -0.2) is 47.1 Å². The van der Waals surface area contributed by atoms with E-state index in [1.807, 2.05) is 30.3 Å². The van der Waals surface area contributed by atoms with Gasteiger partial charge in [-0.05, 0) is 91.7 Å². The molecule has 0 spiro atoms. The van der Waals surface area contributed by atoms with Gasteiger partial charge >= 0.3 is 0 Å². The van der Waals surface area contributed by atoms with Crippen molar-refractivity contribution < 1.29 is 5.11 Å². The van der Waals surface area contributed by atoms with Crippen LogP contribution in [0.1, 0.15) is 41.9 Å². The molecule has 2 aromatic carbocycles. The number of thioether (sulfide) groups is 1. The molecular formula is C26H27N3O2S. The van der Waals surface area contributed by atoms with E-state index < -0.39 is 0 Å². The number of likely N-dealkylation sites (tertiary alicyclic amines) is 1. The summed E-state index contributed by atoms with van der Waals surface area (Å²) in [6, 6.07) is 14.2. The van der Waals surface area contributed by atoms with Crippen LogP contribution in [0, 0.1) is 0 Å². The molecule has 3 aromatic rings. The monoisotopic (exact) mass is 445 g/mol. The molecule has 1 saturated heterocycles. The lowest BCUT2D eigenvalue weighted by Gasteiger charge is -2.29. The van der Waals surface area contributed by atoms with Crippen LogP contribution >= 0.6 is 11.8 Å². The molecule has 0 bridgehead atoms. The number of rotatable bonds is 4. The first-order valence-electron chi connectivity index (χ1n) is 11.1. The maximum atomic E-state index is 12.4. The molecular weight excluding hydrogens is 418 g/mol. The normalized spacial score (nSPS) is 18.0. The lowest BCUT2D eigenvalue weighted by Crippen LogP contribution is -2.29. The zero-order valence-corrected chi connectivity index (χ0v) is 19.0. The van der Waals surface area contributed by atoms with Crippen LogP contribution < -0.4 is 5.56 Å². The lowest BCUT2D eigenvalue weighted by molar-refractivity contribution is 0.255. The zero-order chi connectivity index (χ0) is 22.1.